The summed E-state index contributed by atoms with van der Waals surface area (Å²) in [6.45, 7) is 4.04. The van der Waals surface area contributed by atoms with Crippen molar-refractivity contribution in [3.05, 3.63) is 47.2 Å². The number of rotatable bonds is 4. The largest absolute Gasteiger partial charge is 0.491 e. The summed E-state index contributed by atoms with van der Waals surface area (Å²) in [4.78, 5) is 16.6. The third-order valence-electron chi connectivity index (χ3n) is 4.12. The highest BCUT2D eigenvalue weighted by molar-refractivity contribution is 5.95. The third-order valence-corrected chi connectivity index (χ3v) is 4.12. The second-order valence-electron chi connectivity index (χ2n) is 5.77. The fraction of sp³-hybridized carbons (Fsp3) is 0.294. The van der Waals surface area contributed by atoms with E-state index in [-0.39, 0.29) is 11.9 Å². The Morgan fingerprint density at radius 1 is 1.36 bits per heavy atom. The minimum Gasteiger partial charge on any atom is -0.491 e. The molecule has 0 aliphatic carbocycles. The van der Waals surface area contributed by atoms with Crippen LogP contribution >= 0.6 is 0 Å². The van der Waals surface area contributed by atoms with Gasteiger partial charge in [0, 0.05) is 17.5 Å². The van der Waals surface area contributed by atoms with Gasteiger partial charge in [0.1, 0.15) is 24.2 Å². The van der Waals surface area contributed by atoms with Gasteiger partial charge >= 0.3 is 0 Å². The van der Waals surface area contributed by atoms with Crippen molar-refractivity contribution in [3.63, 3.8) is 0 Å². The maximum absolute atomic E-state index is 12.3. The molecule has 4 rings (SSSR count). The number of amides is 1. The van der Waals surface area contributed by atoms with E-state index in [9.17, 15) is 4.79 Å². The Morgan fingerprint density at radius 3 is 2.96 bits per heavy atom. The van der Waals surface area contributed by atoms with Gasteiger partial charge < -0.3 is 19.1 Å². The molecule has 2 aromatic heterocycles. The Labute approximate surface area is 143 Å². The molecular formula is C17H16N4O4. The maximum atomic E-state index is 12.3. The lowest BCUT2D eigenvalue weighted by atomic mass is 10.1. The number of carbonyl (C=O) groups is 1. The third kappa shape index (κ3) is 2.75. The number of ether oxygens (including phenoxy) is 1. The van der Waals surface area contributed by atoms with Crippen molar-refractivity contribution in [2.75, 3.05) is 6.61 Å². The number of aromatic nitrogens is 3. The first-order valence-corrected chi connectivity index (χ1v) is 7.97. The molecule has 8 heteroatoms. The highest BCUT2D eigenvalue weighted by Gasteiger charge is 2.27. The average Bonchev–Trinajstić information content (AvgIpc) is 3.34. The molecule has 128 valence electrons. The minimum absolute atomic E-state index is 0.234. The minimum atomic E-state index is -0.241. The zero-order chi connectivity index (χ0) is 17.4. The van der Waals surface area contributed by atoms with Crippen molar-refractivity contribution in [2.45, 2.75) is 26.3 Å². The van der Waals surface area contributed by atoms with Gasteiger partial charge in [0.25, 0.3) is 5.91 Å². The molecule has 1 aliphatic rings. The molecule has 0 fully saturated rings. The molecule has 1 atom stereocenters. The molecule has 0 radical (unpaired) electrons. The second kappa shape index (κ2) is 6.04. The lowest BCUT2D eigenvalue weighted by Gasteiger charge is -2.11. The first kappa shape index (κ1) is 15.4. The van der Waals surface area contributed by atoms with E-state index in [1.54, 1.807) is 6.92 Å². The molecule has 0 saturated carbocycles. The fourth-order valence-electron chi connectivity index (χ4n) is 2.73. The lowest BCUT2D eigenvalue weighted by molar-refractivity contribution is 0.0929. The monoisotopic (exact) mass is 340 g/mol. The van der Waals surface area contributed by atoms with Crippen LogP contribution in [0, 0.1) is 6.92 Å². The summed E-state index contributed by atoms with van der Waals surface area (Å²) in [6.07, 6.45) is 2.02. The number of nitrogens with zero attached hydrogens (tertiary/aromatic N) is 3. The Kier molecular flexibility index (Phi) is 3.72. The van der Waals surface area contributed by atoms with E-state index in [0.29, 0.717) is 41.7 Å². The van der Waals surface area contributed by atoms with E-state index in [2.05, 4.69) is 20.6 Å². The van der Waals surface area contributed by atoms with Crippen LogP contribution in [-0.2, 0) is 6.42 Å². The summed E-state index contributed by atoms with van der Waals surface area (Å²) >= 11 is 0. The van der Waals surface area contributed by atoms with Crippen molar-refractivity contribution in [1.29, 1.82) is 0 Å². The summed E-state index contributed by atoms with van der Waals surface area (Å²) in [5.41, 5.74) is 2.69. The van der Waals surface area contributed by atoms with Gasteiger partial charge in [-0.15, -0.1) is 0 Å². The Bertz CT molecular complexity index is 930. The van der Waals surface area contributed by atoms with Crippen LogP contribution in [0.15, 0.2) is 33.5 Å². The molecule has 3 aromatic rings. The van der Waals surface area contributed by atoms with Crippen LogP contribution in [0.25, 0.3) is 11.4 Å². The van der Waals surface area contributed by atoms with Gasteiger partial charge in [0.2, 0.25) is 11.7 Å². The molecule has 1 aliphatic heterocycles. The van der Waals surface area contributed by atoms with E-state index in [4.69, 9.17) is 13.8 Å². The average molecular weight is 340 g/mol. The SMILES string of the molecule is CCc1nc(-c2ccc3c(c2)OC[C@H]3NC(=O)c2conc2C)no1. The number of benzene rings is 1. The second-order valence-corrected chi connectivity index (χ2v) is 5.77. The van der Waals surface area contributed by atoms with Crippen LogP contribution in [0.2, 0.25) is 0 Å². The molecule has 0 saturated heterocycles. The molecule has 8 nitrogen and oxygen atoms in total. The van der Waals surface area contributed by atoms with Crippen LogP contribution in [0.1, 0.15) is 40.5 Å². The van der Waals surface area contributed by atoms with E-state index >= 15 is 0 Å². The van der Waals surface area contributed by atoms with Crippen LogP contribution in [0.5, 0.6) is 5.75 Å². The summed E-state index contributed by atoms with van der Waals surface area (Å²) in [5.74, 6) is 1.57. The van der Waals surface area contributed by atoms with Crippen molar-refractivity contribution in [3.8, 4) is 17.1 Å². The molecule has 0 unspecified atom stereocenters. The molecular weight excluding hydrogens is 324 g/mol. The number of fused-ring (bicyclic) bond motifs is 1. The number of aryl methyl sites for hydroxylation is 2. The highest BCUT2D eigenvalue weighted by atomic mass is 16.5. The molecule has 0 spiro atoms. The summed E-state index contributed by atoms with van der Waals surface area (Å²) < 4.78 is 15.7. The van der Waals surface area contributed by atoms with Crippen molar-refractivity contribution >= 4 is 5.91 Å². The summed E-state index contributed by atoms with van der Waals surface area (Å²) in [7, 11) is 0. The van der Waals surface area contributed by atoms with Crippen LogP contribution in [0.3, 0.4) is 0 Å². The fourth-order valence-corrected chi connectivity index (χ4v) is 2.73. The van der Waals surface area contributed by atoms with Crippen LogP contribution < -0.4 is 10.1 Å². The predicted octanol–water partition coefficient (Wildman–Crippen LogP) is 2.46. The summed E-state index contributed by atoms with van der Waals surface area (Å²) in [6, 6.07) is 5.42. The van der Waals surface area contributed by atoms with E-state index in [1.807, 2.05) is 25.1 Å². The Balaban J connectivity index is 1.55. The quantitative estimate of drug-likeness (QED) is 0.778. The molecule has 1 amide bonds. The van der Waals surface area contributed by atoms with Gasteiger partial charge in [-0.3, -0.25) is 4.79 Å². The normalized spacial score (nSPS) is 15.7. The Hall–Kier alpha value is -3.16. The van der Waals surface area contributed by atoms with E-state index < -0.39 is 0 Å². The topological polar surface area (TPSA) is 103 Å². The van der Waals surface area contributed by atoms with E-state index in [0.717, 1.165) is 11.1 Å². The lowest BCUT2D eigenvalue weighted by Crippen LogP contribution is -2.29. The van der Waals surface area contributed by atoms with Gasteiger partial charge in [0.05, 0.1) is 11.7 Å². The first-order chi connectivity index (χ1) is 12.2. The number of hydrogen-bond donors (Lipinski definition) is 1. The standard InChI is InChI=1S/C17H16N4O4/c1-3-15-19-16(21-25-15)10-4-5-11-13(8-23-14(11)6-10)18-17(22)12-7-24-20-9(12)2/h4-7,13H,3,8H2,1-2H3,(H,18,22)/t13-/m1/s1. The zero-order valence-electron chi connectivity index (χ0n) is 13.8. The number of nitrogens with one attached hydrogen (secondary N) is 1. The van der Waals surface area contributed by atoms with Gasteiger partial charge in [0.15, 0.2) is 0 Å². The summed E-state index contributed by atoms with van der Waals surface area (Å²) in [5, 5.41) is 10.6. The van der Waals surface area contributed by atoms with Crippen molar-refractivity contribution in [1.82, 2.24) is 20.6 Å². The van der Waals surface area contributed by atoms with Crippen molar-refractivity contribution < 1.29 is 18.6 Å². The highest BCUT2D eigenvalue weighted by Crippen LogP contribution is 2.35. The molecule has 1 aromatic carbocycles. The van der Waals surface area contributed by atoms with Gasteiger partial charge in [-0.2, -0.15) is 4.98 Å². The van der Waals surface area contributed by atoms with Crippen molar-refractivity contribution in [2.24, 2.45) is 0 Å². The van der Waals surface area contributed by atoms with E-state index in [1.165, 1.54) is 6.26 Å². The zero-order valence-corrected chi connectivity index (χ0v) is 13.8. The Morgan fingerprint density at radius 2 is 2.24 bits per heavy atom. The van der Waals surface area contributed by atoms with Gasteiger partial charge in [-0.25, -0.2) is 0 Å². The smallest absolute Gasteiger partial charge is 0.257 e. The molecule has 25 heavy (non-hydrogen) atoms. The van der Waals surface area contributed by atoms with Crippen LogP contribution in [-0.4, -0.2) is 27.8 Å². The van der Waals surface area contributed by atoms with Crippen LogP contribution in [0.4, 0.5) is 0 Å². The number of hydrogen-bond acceptors (Lipinski definition) is 7. The molecule has 3 heterocycles. The number of carbonyl (C=O) groups excluding carboxylic acids is 1. The molecule has 1 N–H and O–H groups in total. The van der Waals surface area contributed by atoms with Gasteiger partial charge in [-0.05, 0) is 13.0 Å². The predicted molar refractivity (Wildman–Crippen MR) is 86.1 cm³/mol. The maximum Gasteiger partial charge on any atom is 0.257 e. The van der Waals surface area contributed by atoms with Gasteiger partial charge in [-0.1, -0.05) is 29.4 Å². The first-order valence-electron chi connectivity index (χ1n) is 7.97. The molecule has 0 bridgehead atoms.